The van der Waals surface area contributed by atoms with Gasteiger partial charge in [-0.1, -0.05) is 18.2 Å². The maximum Gasteiger partial charge on any atom is 0.267 e. The zero-order valence-corrected chi connectivity index (χ0v) is 12.2. The molecule has 1 N–H and O–H groups in total. The normalized spacial score (nSPS) is 11.0. The van der Waals surface area contributed by atoms with Crippen LogP contribution < -0.4 is 5.32 Å². The number of hydrogen-bond donors (Lipinski definition) is 1. The number of nitrogens with one attached hydrogen (secondary N) is 1. The van der Waals surface area contributed by atoms with Crippen LogP contribution in [0.15, 0.2) is 42.6 Å². The smallest absolute Gasteiger partial charge is 0.267 e. The standard InChI is InChI=1S/C16H18N4O/c1-19-14-6-4-3-5-12(14)11-15(19)16(21)17-9-7-13-8-10-18-20(13)2/h3-6,8,10-11H,7,9H2,1-2H3,(H,17,21). The van der Waals surface area contributed by atoms with Gasteiger partial charge in [-0.15, -0.1) is 0 Å². The topological polar surface area (TPSA) is 51.9 Å². The third-order valence-corrected chi connectivity index (χ3v) is 3.77. The van der Waals surface area contributed by atoms with Gasteiger partial charge in [0.05, 0.1) is 0 Å². The third kappa shape index (κ3) is 2.54. The van der Waals surface area contributed by atoms with Crippen LogP contribution in [0.1, 0.15) is 16.2 Å². The van der Waals surface area contributed by atoms with Crippen molar-refractivity contribution in [1.82, 2.24) is 19.7 Å². The van der Waals surface area contributed by atoms with Crippen molar-refractivity contribution in [1.29, 1.82) is 0 Å². The summed E-state index contributed by atoms with van der Waals surface area (Å²) in [5, 5.41) is 8.16. The predicted molar refractivity (Wildman–Crippen MR) is 82.2 cm³/mol. The van der Waals surface area contributed by atoms with Crippen LogP contribution in [-0.4, -0.2) is 26.8 Å². The Morgan fingerprint density at radius 2 is 2.05 bits per heavy atom. The van der Waals surface area contributed by atoms with E-state index in [1.54, 1.807) is 6.20 Å². The molecule has 0 radical (unpaired) electrons. The van der Waals surface area contributed by atoms with Crippen molar-refractivity contribution < 1.29 is 4.79 Å². The lowest BCUT2D eigenvalue weighted by Gasteiger charge is -2.07. The summed E-state index contributed by atoms with van der Waals surface area (Å²) in [5.41, 5.74) is 2.85. The maximum atomic E-state index is 12.3. The van der Waals surface area contributed by atoms with E-state index >= 15 is 0 Å². The fourth-order valence-corrected chi connectivity index (χ4v) is 2.55. The van der Waals surface area contributed by atoms with Gasteiger partial charge in [-0.2, -0.15) is 5.10 Å². The monoisotopic (exact) mass is 282 g/mol. The number of para-hydroxylation sites is 1. The number of nitrogens with zero attached hydrogens (tertiary/aromatic N) is 3. The van der Waals surface area contributed by atoms with Crippen molar-refractivity contribution in [2.75, 3.05) is 6.54 Å². The Hall–Kier alpha value is -2.56. The lowest BCUT2D eigenvalue weighted by molar-refractivity contribution is 0.0946. The minimum Gasteiger partial charge on any atom is -0.350 e. The number of fused-ring (bicyclic) bond motifs is 1. The summed E-state index contributed by atoms with van der Waals surface area (Å²) in [7, 11) is 3.82. The number of carbonyl (C=O) groups is 1. The largest absolute Gasteiger partial charge is 0.350 e. The van der Waals surface area contributed by atoms with Crippen molar-refractivity contribution in [3.05, 3.63) is 54.0 Å². The highest BCUT2D eigenvalue weighted by molar-refractivity contribution is 5.98. The van der Waals surface area contributed by atoms with Gasteiger partial charge in [-0.05, 0) is 18.2 Å². The van der Waals surface area contributed by atoms with Gasteiger partial charge in [0.15, 0.2) is 0 Å². The Morgan fingerprint density at radius 1 is 1.24 bits per heavy atom. The van der Waals surface area contributed by atoms with E-state index in [-0.39, 0.29) is 5.91 Å². The highest BCUT2D eigenvalue weighted by Gasteiger charge is 2.12. The van der Waals surface area contributed by atoms with Crippen LogP contribution in [0.25, 0.3) is 10.9 Å². The highest BCUT2D eigenvalue weighted by atomic mass is 16.1. The summed E-state index contributed by atoms with van der Waals surface area (Å²) >= 11 is 0. The van der Waals surface area contributed by atoms with Gasteiger partial charge in [0.25, 0.3) is 5.91 Å². The first kappa shape index (κ1) is 13.4. The fourth-order valence-electron chi connectivity index (χ4n) is 2.55. The van der Waals surface area contributed by atoms with Gasteiger partial charge in [-0.3, -0.25) is 9.48 Å². The van der Waals surface area contributed by atoms with E-state index in [1.165, 1.54) is 0 Å². The summed E-state index contributed by atoms with van der Waals surface area (Å²) in [4.78, 5) is 12.3. The average Bonchev–Trinajstić information content (AvgIpc) is 3.04. The second kappa shape index (κ2) is 5.44. The molecule has 108 valence electrons. The number of aromatic nitrogens is 3. The minimum absolute atomic E-state index is 0.0455. The van der Waals surface area contributed by atoms with Crippen molar-refractivity contribution >= 4 is 16.8 Å². The zero-order valence-electron chi connectivity index (χ0n) is 12.2. The Balaban J connectivity index is 1.70. The molecule has 0 unspecified atom stereocenters. The SMILES string of the molecule is Cn1nccc1CCNC(=O)c1cc2ccccc2n1C. The Labute approximate surface area is 123 Å². The zero-order chi connectivity index (χ0) is 14.8. The van der Waals surface area contributed by atoms with Crippen LogP contribution in [0, 0.1) is 0 Å². The van der Waals surface area contributed by atoms with Gasteiger partial charge in [0.2, 0.25) is 0 Å². The van der Waals surface area contributed by atoms with Crippen LogP contribution >= 0.6 is 0 Å². The first-order chi connectivity index (χ1) is 10.2. The Morgan fingerprint density at radius 3 is 2.76 bits per heavy atom. The molecule has 0 saturated carbocycles. The molecule has 1 aromatic carbocycles. The molecule has 5 heteroatoms. The number of carbonyl (C=O) groups excluding carboxylic acids is 1. The average molecular weight is 282 g/mol. The van der Waals surface area contributed by atoms with Crippen molar-refractivity contribution in [2.24, 2.45) is 14.1 Å². The molecule has 5 nitrogen and oxygen atoms in total. The van der Waals surface area contributed by atoms with Crippen LogP contribution in [0.2, 0.25) is 0 Å². The second-order valence-electron chi connectivity index (χ2n) is 5.10. The van der Waals surface area contributed by atoms with Gasteiger partial charge < -0.3 is 9.88 Å². The number of aryl methyl sites for hydroxylation is 2. The molecule has 1 amide bonds. The molecule has 21 heavy (non-hydrogen) atoms. The Bertz CT molecular complexity index is 785. The molecule has 2 aromatic heterocycles. The van der Waals surface area contributed by atoms with E-state index in [0.717, 1.165) is 23.0 Å². The van der Waals surface area contributed by atoms with E-state index in [1.807, 2.05) is 59.7 Å². The number of rotatable bonds is 4. The summed E-state index contributed by atoms with van der Waals surface area (Å²) in [6.07, 6.45) is 2.53. The molecular weight excluding hydrogens is 264 g/mol. The van der Waals surface area contributed by atoms with Crippen LogP contribution in [0.5, 0.6) is 0 Å². The molecule has 3 rings (SSSR count). The number of hydrogen-bond acceptors (Lipinski definition) is 2. The summed E-state index contributed by atoms with van der Waals surface area (Å²) < 4.78 is 3.75. The molecule has 0 aliphatic carbocycles. The number of amides is 1. The molecule has 0 bridgehead atoms. The summed E-state index contributed by atoms with van der Waals surface area (Å²) in [5.74, 6) is -0.0455. The molecule has 0 spiro atoms. The maximum absolute atomic E-state index is 12.3. The van der Waals surface area contributed by atoms with Crippen molar-refractivity contribution in [3.8, 4) is 0 Å². The first-order valence-corrected chi connectivity index (χ1v) is 6.96. The third-order valence-electron chi connectivity index (χ3n) is 3.77. The molecule has 0 fully saturated rings. The quantitative estimate of drug-likeness (QED) is 0.794. The second-order valence-corrected chi connectivity index (χ2v) is 5.10. The van der Waals surface area contributed by atoms with E-state index in [0.29, 0.717) is 12.2 Å². The van der Waals surface area contributed by atoms with Crippen molar-refractivity contribution in [2.45, 2.75) is 6.42 Å². The molecule has 3 aromatic rings. The van der Waals surface area contributed by atoms with Crippen molar-refractivity contribution in [3.63, 3.8) is 0 Å². The predicted octanol–water partition coefficient (Wildman–Crippen LogP) is 1.88. The van der Waals surface area contributed by atoms with Crippen LogP contribution in [0.3, 0.4) is 0 Å². The minimum atomic E-state index is -0.0455. The van der Waals surface area contributed by atoms with E-state index in [4.69, 9.17) is 0 Å². The van der Waals surface area contributed by atoms with Gasteiger partial charge >= 0.3 is 0 Å². The summed E-state index contributed by atoms with van der Waals surface area (Å²) in [6, 6.07) is 11.9. The summed E-state index contributed by atoms with van der Waals surface area (Å²) in [6.45, 7) is 0.597. The van der Waals surface area contributed by atoms with Gasteiger partial charge in [-0.25, -0.2) is 0 Å². The molecule has 2 heterocycles. The van der Waals surface area contributed by atoms with Crippen LogP contribution in [-0.2, 0) is 20.5 Å². The molecule has 0 aliphatic heterocycles. The molecular formula is C16H18N4O. The Kier molecular flexibility index (Phi) is 3.48. The first-order valence-electron chi connectivity index (χ1n) is 6.96. The van der Waals surface area contributed by atoms with E-state index < -0.39 is 0 Å². The van der Waals surface area contributed by atoms with Gasteiger partial charge in [0, 0.05) is 49.9 Å². The van der Waals surface area contributed by atoms with E-state index in [9.17, 15) is 4.79 Å². The lowest BCUT2D eigenvalue weighted by Crippen LogP contribution is -2.27. The van der Waals surface area contributed by atoms with Crippen LogP contribution in [0.4, 0.5) is 0 Å². The molecule has 0 saturated heterocycles. The molecule has 0 aliphatic rings. The fraction of sp³-hybridized carbons (Fsp3) is 0.250. The van der Waals surface area contributed by atoms with E-state index in [2.05, 4.69) is 10.4 Å². The van der Waals surface area contributed by atoms with Gasteiger partial charge in [0.1, 0.15) is 5.69 Å². The number of benzene rings is 1. The highest BCUT2D eigenvalue weighted by Crippen LogP contribution is 2.18. The molecule has 0 atom stereocenters. The lowest BCUT2D eigenvalue weighted by atomic mass is 10.2.